The quantitative estimate of drug-likeness (QED) is 0.780. The zero-order chi connectivity index (χ0) is 14.8. The third kappa shape index (κ3) is 2.69. The summed E-state index contributed by atoms with van der Waals surface area (Å²) < 4.78 is 6.06. The molecule has 0 saturated heterocycles. The Bertz CT molecular complexity index is 761. The predicted octanol–water partition coefficient (Wildman–Crippen LogP) is 4.14. The maximum Gasteiger partial charge on any atom is 0.134 e. The molecule has 21 heavy (non-hydrogen) atoms. The van der Waals surface area contributed by atoms with E-state index in [4.69, 9.17) is 4.42 Å². The van der Waals surface area contributed by atoms with E-state index in [9.17, 15) is 0 Å². The Morgan fingerprint density at radius 3 is 2.81 bits per heavy atom. The fourth-order valence-electron chi connectivity index (χ4n) is 2.70. The van der Waals surface area contributed by atoms with Crippen molar-refractivity contribution in [3.8, 4) is 0 Å². The van der Waals surface area contributed by atoms with Crippen LogP contribution in [0.2, 0.25) is 0 Å². The first-order valence-corrected chi connectivity index (χ1v) is 7.33. The average molecular weight is 280 g/mol. The van der Waals surface area contributed by atoms with Gasteiger partial charge in [0.1, 0.15) is 11.3 Å². The van der Waals surface area contributed by atoms with E-state index < -0.39 is 0 Å². The first-order valence-electron chi connectivity index (χ1n) is 7.33. The molecule has 0 aliphatic rings. The van der Waals surface area contributed by atoms with Gasteiger partial charge in [-0.1, -0.05) is 18.6 Å². The van der Waals surface area contributed by atoms with Gasteiger partial charge in [0.2, 0.25) is 0 Å². The van der Waals surface area contributed by atoms with E-state index in [1.54, 1.807) is 0 Å². The summed E-state index contributed by atoms with van der Waals surface area (Å²) in [7, 11) is 0. The number of pyridine rings is 1. The summed E-state index contributed by atoms with van der Waals surface area (Å²) in [6.45, 7) is 7.17. The second-order valence-electron chi connectivity index (χ2n) is 5.41. The van der Waals surface area contributed by atoms with Gasteiger partial charge in [0, 0.05) is 17.8 Å². The maximum absolute atomic E-state index is 6.06. The molecule has 0 spiro atoms. The van der Waals surface area contributed by atoms with E-state index in [2.05, 4.69) is 55.3 Å². The van der Waals surface area contributed by atoms with Crippen LogP contribution >= 0.6 is 0 Å². The SMILES string of the molecule is CCNC(c1cc2cc(C)ccc2o1)c1ccncc1C. The van der Waals surface area contributed by atoms with Crippen molar-refractivity contribution >= 4 is 11.0 Å². The van der Waals surface area contributed by atoms with Crippen LogP contribution in [0.5, 0.6) is 0 Å². The number of benzene rings is 1. The van der Waals surface area contributed by atoms with Crippen LogP contribution in [0, 0.1) is 13.8 Å². The highest BCUT2D eigenvalue weighted by Crippen LogP contribution is 2.30. The van der Waals surface area contributed by atoms with E-state index in [1.165, 1.54) is 16.7 Å². The summed E-state index contributed by atoms with van der Waals surface area (Å²) >= 11 is 0. The summed E-state index contributed by atoms with van der Waals surface area (Å²) in [5, 5.41) is 4.66. The minimum atomic E-state index is 0.0608. The molecule has 0 fully saturated rings. The van der Waals surface area contributed by atoms with Crippen LogP contribution in [0.4, 0.5) is 0 Å². The van der Waals surface area contributed by atoms with E-state index in [0.29, 0.717) is 0 Å². The third-order valence-electron chi connectivity index (χ3n) is 3.76. The van der Waals surface area contributed by atoms with Gasteiger partial charge in [0.25, 0.3) is 0 Å². The molecule has 3 nitrogen and oxygen atoms in total. The van der Waals surface area contributed by atoms with E-state index in [0.717, 1.165) is 23.3 Å². The van der Waals surface area contributed by atoms with Crippen molar-refractivity contribution < 1.29 is 4.42 Å². The number of furan rings is 1. The monoisotopic (exact) mass is 280 g/mol. The van der Waals surface area contributed by atoms with Crippen LogP contribution in [0.1, 0.15) is 35.4 Å². The van der Waals surface area contributed by atoms with E-state index in [1.807, 2.05) is 18.5 Å². The maximum atomic E-state index is 6.06. The molecule has 0 bridgehead atoms. The van der Waals surface area contributed by atoms with Crippen molar-refractivity contribution in [1.29, 1.82) is 0 Å². The molecule has 1 aromatic carbocycles. The van der Waals surface area contributed by atoms with Crippen LogP contribution < -0.4 is 5.32 Å². The molecular weight excluding hydrogens is 260 g/mol. The first kappa shape index (κ1) is 13.8. The number of hydrogen-bond donors (Lipinski definition) is 1. The van der Waals surface area contributed by atoms with Crippen molar-refractivity contribution in [3.05, 3.63) is 65.2 Å². The van der Waals surface area contributed by atoms with Gasteiger partial charge >= 0.3 is 0 Å². The Balaban J connectivity index is 2.09. The van der Waals surface area contributed by atoms with Crippen molar-refractivity contribution in [2.24, 2.45) is 0 Å². The van der Waals surface area contributed by atoms with Gasteiger partial charge in [-0.2, -0.15) is 0 Å². The summed E-state index contributed by atoms with van der Waals surface area (Å²) in [4.78, 5) is 4.18. The smallest absolute Gasteiger partial charge is 0.134 e. The van der Waals surface area contributed by atoms with Crippen LogP contribution in [-0.2, 0) is 0 Å². The topological polar surface area (TPSA) is 38.1 Å². The van der Waals surface area contributed by atoms with Crippen molar-refractivity contribution in [1.82, 2.24) is 10.3 Å². The molecule has 1 N–H and O–H groups in total. The molecule has 3 rings (SSSR count). The molecule has 0 amide bonds. The first-order chi connectivity index (χ1) is 10.2. The Kier molecular flexibility index (Phi) is 3.76. The summed E-state index contributed by atoms with van der Waals surface area (Å²) in [6.07, 6.45) is 3.73. The largest absolute Gasteiger partial charge is 0.459 e. The van der Waals surface area contributed by atoms with Crippen molar-refractivity contribution in [2.75, 3.05) is 6.54 Å². The van der Waals surface area contributed by atoms with Gasteiger partial charge in [-0.05, 0) is 55.8 Å². The molecule has 0 saturated carbocycles. The lowest BCUT2D eigenvalue weighted by Crippen LogP contribution is -2.22. The van der Waals surface area contributed by atoms with Crippen LogP contribution in [0.25, 0.3) is 11.0 Å². The molecular formula is C18H20N2O. The Hall–Kier alpha value is -2.13. The van der Waals surface area contributed by atoms with Crippen LogP contribution in [-0.4, -0.2) is 11.5 Å². The highest BCUT2D eigenvalue weighted by molar-refractivity contribution is 5.79. The van der Waals surface area contributed by atoms with Gasteiger partial charge in [0.15, 0.2) is 0 Å². The average Bonchev–Trinajstić information content (AvgIpc) is 2.88. The zero-order valence-electron chi connectivity index (χ0n) is 12.7. The standard InChI is InChI=1S/C18H20N2O/c1-4-20-18(15-7-8-19-11-13(15)3)17-10-14-9-12(2)5-6-16(14)21-17/h5-11,18,20H,4H2,1-3H3. The fraction of sp³-hybridized carbons (Fsp3) is 0.278. The normalized spacial score (nSPS) is 12.7. The Labute approximate surface area is 125 Å². The van der Waals surface area contributed by atoms with Crippen LogP contribution in [0.15, 0.2) is 47.1 Å². The number of aromatic nitrogens is 1. The molecule has 2 heterocycles. The molecule has 1 atom stereocenters. The lowest BCUT2D eigenvalue weighted by Gasteiger charge is -2.17. The molecule has 0 aliphatic carbocycles. The molecule has 1 unspecified atom stereocenters. The van der Waals surface area contributed by atoms with Gasteiger partial charge in [-0.25, -0.2) is 0 Å². The number of nitrogens with one attached hydrogen (secondary N) is 1. The lowest BCUT2D eigenvalue weighted by atomic mass is 10.0. The van der Waals surface area contributed by atoms with E-state index >= 15 is 0 Å². The molecule has 3 aromatic rings. The summed E-state index contributed by atoms with van der Waals surface area (Å²) in [6, 6.07) is 10.5. The van der Waals surface area contributed by atoms with Crippen LogP contribution in [0.3, 0.4) is 0 Å². The highest BCUT2D eigenvalue weighted by atomic mass is 16.3. The van der Waals surface area contributed by atoms with Gasteiger partial charge < -0.3 is 9.73 Å². The fourth-order valence-corrected chi connectivity index (χ4v) is 2.70. The van der Waals surface area contributed by atoms with E-state index in [-0.39, 0.29) is 6.04 Å². The molecule has 0 radical (unpaired) electrons. The number of nitrogens with zero attached hydrogens (tertiary/aromatic N) is 1. The molecule has 3 heteroatoms. The number of hydrogen-bond acceptors (Lipinski definition) is 3. The molecule has 0 aliphatic heterocycles. The minimum Gasteiger partial charge on any atom is -0.459 e. The lowest BCUT2D eigenvalue weighted by molar-refractivity contribution is 0.476. The number of rotatable bonds is 4. The molecule has 108 valence electrons. The highest BCUT2D eigenvalue weighted by Gasteiger charge is 2.19. The minimum absolute atomic E-state index is 0.0608. The second kappa shape index (κ2) is 5.70. The Morgan fingerprint density at radius 2 is 2.05 bits per heavy atom. The second-order valence-corrected chi connectivity index (χ2v) is 5.41. The molecule has 2 aromatic heterocycles. The third-order valence-corrected chi connectivity index (χ3v) is 3.76. The van der Waals surface area contributed by atoms with Crippen molar-refractivity contribution in [2.45, 2.75) is 26.8 Å². The summed E-state index contributed by atoms with van der Waals surface area (Å²) in [5.74, 6) is 0.951. The van der Waals surface area contributed by atoms with Gasteiger partial charge in [-0.3, -0.25) is 4.98 Å². The summed E-state index contributed by atoms with van der Waals surface area (Å²) in [5.41, 5.74) is 4.56. The van der Waals surface area contributed by atoms with Gasteiger partial charge in [0.05, 0.1) is 6.04 Å². The number of aryl methyl sites for hydroxylation is 2. The number of fused-ring (bicyclic) bond motifs is 1. The zero-order valence-corrected chi connectivity index (χ0v) is 12.7. The predicted molar refractivity (Wildman–Crippen MR) is 85.4 cm³/mol. The Morgan fingerprint density at radius 1 is 1.19 bits per heavy atom. The van der Waals surface area contributed by atoms with Gasteiger partial charge in [-0.15, -0.1) is 0 Å². The van der Waals surface area contributed by atoms with Crippen molar-refractivity contribution in [3.63, 3.8) is 0 Å².